The van der Waals surface area contributed by atoms with Gasteiger partial charge in [-0.15, -0.1) is 11.3 Å². The number of aromatic nitrogens is 2. The number of carbonyl (C=O) groups excluding carboxylic acids is 1. The van der Waals surface area contributed by atoms with Crippen LogP contribution < -0.4 is 0 Å². The highest BCUT2D eigenvalue weighted by atomic mass is 79.9. The molecule has 1 aromatic carbocycles. The van der Waals surface area contributed by atoms with Crippen LogP contribution in [-0.4, -0.2) is 15.7 Å². The van der Waals surface area contributed by atoms with Crippen LogP contribution in [0.15, 0.2) is 44.7 Å². The lowest BCUT2D eigenvalue weighted by molar-refractivity contribution is 0.111. The molecule has 4 aromatic rings. The van der Waals surface area contributed by atoms with Crippen LogP contribution in [0.1, 0.15) is 10.5 Å². The van der Waals surface area contributed by atoms with E-state index in [1.807, 2.05) is 35.8 Å². The maximum absolute atomic E-state index is 11.3. The number of thiazole rings is 1. The first kappa shape index (κ1) is 11.9. The van der Waals surface area contributed by atoms with E-state index in [4.69, 9.17) is 4.42 Å². The highest BCUT2D eigenvalue weighted by Crippen LogP contribution is 2.31. The summed E-state index contributed by atoms with van der Waals surface area (Å²) in [6.45, 7) is 0. The van der Waals surface area contributed by atoms with Crippen molar-refractivity contribution in [1.82, 2.24) is 9.38 Å². The zero-order valence-electron chi connectivity index (χ0n) is 10.0. The second kappa shape index (κ2) is 4.29. The highest BCUT2D eigenvalue weighted by molar-refractivity contribution is 9.10. The Labute approximate surface area is 125 Å². The number of halogens is 1. The second-order valence-electron chi connectivity index (χ2n) is 4.31. The van der Waals surface area contributed by atoms with Crippen LogP contribution in [0.3, 0.4) is 0 Å². The van der Waals surface area contributed by atoms with E-state index in [1.54, 1.807) is 4.40 Å². The van der Waals surface area contributed by atoms with Crippen LogP contribution >= 0.6 is 27.3 Å². The number of furan rings is 1. The van der Waals surface area contributed by atoms with Crippen LogP contribution in [0.2, 0.25) is 0 Å². The molecule has 0 unspecified atom stereocenters. The minimum absolute atomic E-state index is 0.513. The molecule has 6 heteroatoms. The summed E-state index contributed by atoms with van der Waals surface area (Å²) in [7, 11) is 0. The number of imidazole rings is 1. The predicted molar refractivity (Wildman–Crippen MR) is 81.4 cm³/mol. The molecular weight excluding hydrogens is 340 g/mol. The monoisotopic (exact) mass is 346 g/mol. The van der Waals surface area contributed by atoms with Crippen LogP contribution in [0, 0.1) is 0 Å². The molecule has 3 aromatic heterocycles. The molecule has 0 spiro atoms. The summed E-state index contributed by atoms with van der Waals surface area (Å²) < 4.78 is 8.56. The number of carbonyl (C=O) groups is 1. The van der Waals surface area contributed by atoms with E-state index in [2.05, 4.69) is 20.9 Å². The van der Waals surface area contributed by atoms with Crippen LogP contribution in [0.4, 0.5) is 0 Å². The fourth-order valence-corrected chi connectivity index (χ4v) is 3.33. The summed E-state index contributed by atoms with van der Waals surface area (Å²) in [6, 6.07) is 7.69. The molecule has 0 radical (unpaired) electrons. The molecule has 0 aliphatic rings. The molecule has 4 rings (SSSR count). The fourth-order valence-electron chi connectivity index (χ4n) is 2.23. The van der Waals surface area contributed by atoms with Gasteiger partial charge in [-0.05, 0) is 24.3 Å². The molecule has 0 atom stereocenters. The van der Waals surface area contributed by atoms with Crippen molar-refractivity contribution in [2.24, 2.45) is 0 Å². The maximum Gasteiger partial charge on any atom is 0.194 e. The topological polar surface area (TPSA) is 47.5 Å². The zero-order chi connectivity index (χ0) is 13.7. The first-order valence-electron chi connectivity index (χ1n) is 5.86. The molecular formula is C14H7BrN2O2S. The van der Waals surface area contributed by atoms with Crippen molar-refractivity contribution in [3.05, 3.63) is 46.0 Å². The molecule has 98 valence electrons. The molecule has 0 bridgehead atoms. The third-order valence-corrected chi connectivity index (χ3v) is 4.37. The van der Waals surface area contributed by atoms with Gasteiger partial charge in [-0.3, -0.25) is 9.20 Å². The van der Waals surface area contributed by atoms with Crippen molar-refractivity contribution in [3.8, 4) is 11.5 Å². The lowest BCUT2D eigenvalue weighted by atomic mass is 10.2. The van der Waals surface area contributed by atoms with Crippen LogP contribution in [0.25, 0.3) is 27.4 Å². The Morgan fingerprint density at radius 1 is 1.35 bits per heavy atom. The van der Waals surface area contributed by atoms with Gasteiger partial charge in [0.2, 0.25) is 0 Å². The van der Waals surface area contributed by atoms with Gasteiger partial charge >= 0.3 is 0 Å². The van der Waals surface area contributed by atoms with Gasteiger partial charge in [0, 0.05) is 21.4 Å². The number of fused-ring (bicyclic) bond motifs is 2. The molecule has 0 aliphatic carbocycles. The highest BCUT2D eigenvalue weighted by Gasteiger charge is 2.17. The fraction of sp³-hybridized carbons (Fsp3) is 0. The summed E-state index contributed by atoms with van der Waals surface area (Å²) in [5, 5.41) is 2.87. The smallest absolute Gasteiger partial charge is 0.194 e. The average Bonchev–Trinajstić information content (AvgIpc) is 3.09. The first-order valence-corrected chi connectivity index (χ1v) is 7.54. The molecule has 3 heterocycles. The summed E-state index contributed by atoms with van der Waals surface area (Å²) in [6.07, 6.45) is 2.64. The predicted octanol–water partition coefficient (Wildman–Crippen LogP) is 4.38. The SMILES string of the molecule is O=Cc1c(-c2cc3cc(Br)ccc3o2)nc2sccn12. The summed E-state index contributed by atoms with van der Waals surface area (Å²) in [5.41, 5.74) is 1.87. The number of nitrogens with zero attached hydrogens (tertiary/aromatic N) is 2. The van der Waals surface area contributed by atoms with Crippen molar-refractivity contribution >= 4 is 49.5 Å². The minimum atomic E-state index is 0.513. The lowest BCUT2D eigenvalue weighted by Gasteiger charge is -1.92. The van der Waals surface area contributed by atoms with Gasteiger partial charge < -0.3 is 4.42 Å². The molecule has 0 saturated heterocycles. The number of hydrogen-bond acceptors (Lipinski definition) is 4. The standard InChI is InChI=1S/C14H7BrN2O2S/c15-9-1-2-11-8(5-9)6-12(19-11)13-10(7-18)17-3-4-20-14(17)16-13/h1-7H. The Balaban J connectivity index is 2.00. The first-order chi connectivity index (χ1) is 9.76. The summed E-state index contributed by atoms with van der Waals surface area (Å²) >= 11 is 4.92. The Kier molecular flexibility index (Phi) is 2.55. The third kappa shape index (κ3) is 1.65. The molecule has 0 amide bonds. The number of hydrogen-bond donors (Lipinski definition) is 0. The van der Waals surface area contributed by atoms with Crippen molar-refractivity contribution in [2.75, 3.05) is 0 Å². The van der Waals surface area contributed by atoms with E-state index < -0.39 is 0 Å². The van der Waals surface area contributed by atoms with Gasteiger partial charge in [-0.2, -0.15) is 0 Å². The quantitative estimate of drug-likeness (QED) is 0.506. The van der Waals surface area contributed by atoms with Crippen molar-refractivity contribution in [1.29, 1.82) is 0 Å². The third-order valence-electron chi connectivity index (χ3n) is 3.12. The summed E-state index contributed by atoms with van der Waals surface area (Å²) in [4.78, 5) is 16.6. The second-order valence-corrected chi connectivity index (χ2v) is 6.10. The van der Waals surface area contributed by atoms with E-state index in [0.29, 0.717) is 17.1 Å². The molecule has 0 aliphatic heterocycles. The van der Waals surface area contributed by atoms with Crippen molar-refractivity contribution < 1.29 is 9.21 Å². The molecule has 0 fully saturated rings. The lowest BCUT2D eigenvalue weighted by Crippen LogP contribution is -1.88. The Morgan fingerprint density at radius 2 is 2.25 bits per heavy atom. The Bertz CT molecular complexity index is 951. The van der Waals surface area contributed by atoms with Gasteiger partial charge in [0.15, 0.2) is 17.0 Å². The Hall–Kier alpha value is -1.92. The number of benzene rings is 1. The normalized spacial score (nSPS) is 11.4. The van der Waals surface area contributed by atoms with Gasteiger partial charge in [-0.25, -0.2) is 4.98 Å². The average molecular weight is 347 g/mol. The van der Waals surface area contributed by atoms with Gasteiger partial charge in [0.05, 0.1) is 0 Å². The van der Waals surface area contributed by atoms with E-state index >= 15 is 0 Å². The Morgan fingerprint density at radius 3 is 3.10 bits per heavy atom. The van der Waals surface area contributed by atoms with E-state index in [-0.39, 0.29) is 0 Å². The van der Waals surface area contributed by atoms with E-state index in [0.717, 1.165) is 26.7 Å². The largest absolute Gasteiger partial charge is 0.454 e. The van der Waals surface area contributed by atoms with Crippen molar-refractivity contribution in [3.63, 3.8) is 0 Å². The van der Waals surface area contributed by atoms with Gasteiger partial charge in [0.25, 0.3) is 0 Å². The van der Waals surface area contributed by atoms with E-state index in [1.165, 1.54) is 11.3 Å². The van der Waals surface area contributed by atoms with Crippen LogP contribution in [-0.2, 0) is 0 Å². The molecule has 0 saturated carbocycles. The maximum atomic E-state index is 11.3. The van der Waals surface area contributed by atoms with Crippen LogP contribution in [0.5, 0.6) is 0 Å². The minimum Gasteiger partial charge on any atom is -0.454 e. The number of rotatable bonds is 2. The number of aldehydes is 1. The van der Waals surface area contributed by atoms with Crippen molar-refractivity contribution in [2.45, 2.75) is 0 Å². The zero-order valence-corrected chi connectivity index (χ0v) is 12.4. The molecule has 4 nitrogen and oxygen atoms in total. The molecule has 0 N–H and O–H groups in total. The molecule has 20 heavy (non-hydrogen) atoms. The summed E-state index contributed by atoms with van der Waals surface area (Å²) in [5.74, 6) is 0.608. The van der Waals surface area contributed by atoms with E-state index in [9.17, 15) is 4.79 Å². The van der Waals surface area contributed by atoms with Gasteiger partial charge in [-0.1, -0.05) is 15.9 Å². The van der Waals surface area contributed by atoms with Gasteiger partial charge in [0.1, 0.15) is 17.0 Å².